The maximum absolute atomic E-state index is 12.4. The van der Waals surface area contributed by atoms with E-state index in [0.29, 0.717) is 17.1 Å². The van der Waals surface area contributed by atoms with Crippen LogP contribution in [0.15, 0.2) is 29.6 Å². The third-order valence-electron chi connectivity index (χ3n) is 4.93. The van der Waals surface area contributed by atoms with Crippen molar-refractivity contribution in [3.8, 4) is 17.3 Å². The van der Waals surface area contributed by atoms with Gasteiger partial charge in [-0.05, 0) is 25.0 Å². The van der Waals surface area contributed by atoms with Crippen LogP contribution >= 0.6 is 11.3 Å². The van der Waals surface area contributed by atoms with Crippen LogP contribution in [-0.2, 0) is 9.59 Å². The Bertz CT molecular complexity index is 857. The summed E-state index contributed by atoms with van der Waals surface area (Å²) in [5, 5.41) is 11.4. The number of rotatable bonds is 2. The minimum atomic E-state index is -0.419. The number of hydrogen-bond acceptors (Lipinski definition) is 5. The lowest BCUT2D eigenvalue weighted by Gasteiger charge is -2.31. The van der Waals surface area contributed by atoms with Crippen LogP contribution in [0.3, 0.4) is 0 Å². The quantitative estimate of drug-likeness (QED) is 0.788. The number of aromatic nitrogens is 1. The molecule has 0 unspecified atom stereocenters. The number of carbonyl (C=O) groups excluding carboxylic acids is 2. The minimum Gasteiger partial charge on any atom is -0.289 e. The number of Topliss-reactive ketones (excluding diaryl/α,β-unsaturated/α-hetero) is 1. The largest absolute Gasteiger partial charge is 0.296 e. The molecule has 1 aliphatic heterocycles. The summed E-state index contributed by atoms with van der Waals surface area (Å²) >= 11 is 1.39. The number of ketones is 1. The SMILES string of the molecule is N#Cc1ccc(-c2csc(N3C(=O)C(=O)CC34CCCC4)n2)cc1. The number of thiazole rings is 1. The van der Waals surface area contributed by atoms with Gasteiger partial charge in [0.1, 0.15) is 0 Å². The fourth-order valence-electron chi connectivity index (χ4n) is 3.73. The van der Waals surface area contributed by atoms with E-state index >= 15 is 0 Å². The van der Waals surface area contributed by atoms with Crippen LogP contribution < -0.4 is 4.90 Å². The van der Waals surface area contributed by atoms with E-state index in [9.17, 15) is 9.59 Å². The number of anilines is 1. The van der Waals surface area contributed by atoms with E-state index in [1.165, 1.54) is 11.3 Å². The first kappa shape index (κ1) is 15.0. The maximum Gasteiger partial charge on any atom is 0.296 e. The van der Waals surface area contributed by atoms with Gasteiger partial charge in [0.2, 0.25) is 5.78 Å². The summed E-state index contributed by atoms with van der Waals surface area (Å²) < 4.78 is 0. The number of nitrogens with zero attached hydrogens (tertiary/aromatic N) is 3. The number of amides is 1. The van der Waals surface area contributed by atoms with Gasteiger partial charge in [0.15, 0.2) is 5.13 Å². The van der Waals surface area contributed by atoms with Gasteiger partial charge >= 0.3 is 0 Å². The molecule has 1 aliphatic carbocycles. The average molecular weight is 337 g/mol. The van der Waals surface area contributed by atoms with Crippen LogP contribution in [0.2, 0.25) is 0 Å². The predicted octanol–water partition coefficient (Wildman–Crippen LogP) is 3.30. The van der Waals surface area contributed by atoms with E-state index in [-0.39, 0.29) is 11.3 Å². The summed E-state index contributed by atoms with van der Waals surface area (Å²) in [5.74, 6) is -0.718. The monoisotopic (exact) mass is 337 g/mol. The van der Waals surface area contributed by atoms with E-state index in [0.717, 1.165) is 36.9 Å². The van der Waals surface area contributed by atoms with Crippen LogP contribution in [0.5, 0.6) is 0 Å². The molecule has 0 bridgehead atoms. The second kappa shape index (κ2) is 5.53. The Hall–Kier alpha value is -2.52. The zero-order valence-corrected chi connectivity index (χ0v) is 13.8. The molecule has 1 spiro atoms. The standard InChI is InChI=1S/C18H15N3O2S/c19-10-12-3-5-13(6-4-12)14-11-24-17(20-14)21-16(23)15(22)9-18(21)7-1-2-8-18/h3-6,11H,1-2,7-9H2. The Morgan fingerprint density at radius 2 is 1.88 bits per heavy atom. The van der Waals surface area contributed by atoms with Gasteiger partial charge in [0.05, 0.1) is 22.9 Å². The van der Waals surface area contributed by atoms with Gasteiger partial charge in [-0.2, -0.15) is 5.26 Å². The van der Waals surface area contributed by atoms with E-state index in [2.05, 4.69) is 11.1 Å². The highest BCUT2D eigenvalue weighted by molar-refractivity contribution is 7.14. The first-order valence-electron chi connectivity index (χ1n) is 7.96. The van der Waals surface area contributed by atoms with E-state index in [4.69, 9.17) is 5.26 Å². The Kier molecular flexibility index (Phi) is 3.47. The molecule has 0 N–H and O–H groups in total. The molecular formula is C18H15N3O2S. The van der Waals surface area contributed by atoms with Crippen LogP contribution in [0.4, 0.5) is 5.13 Å². The highest BCUT2D eigenvalue weighted by Gasteiger charge is 2.53. The molecule has 0 radical (unpaired) electrons. The van der Waals surface area contributed by atoms with Gasteiger partial charge in [0.25, 0.3) is 5.91 Å². The molecule has 0 atom stereocenters. The topological polar surface area (TPSA) is 74.1 Å². The normalized spacial score (nSPS) is 19.2. The van der Waals surface area contributed by atoms with Crippen LogP contribution in [0, 0.1) is 11.3 Å². The average Bonchev–Trinajstić information content (AvgIpc) is 3.30. The lowest BCUT2D eigenvalue weighted by Crippen LogP contribution is -2.44. The van der Waals surface area contributed by atoms with Crippen molar-refractivity contribution in [2.24, 2.45) is 0 Å². The molecule has 1 saturated carbocycles. The molecule has 2 aromatic rings. The Labute approximate surface area is 143 Å². The van der Waals surface area contributed by atoms with Gasteiger partial charge < -0.3 is 0 Å². The van der Waals surface area contributed by atoms with Crippen molar-refractivity contribution < 1.29 is 9.59 Å². The molecule has 2 fully saturated rings. The molecule has 2 heterocycles. The summed E-state index contributed by atoms with van der Waals surface area (Å²) in [7, 11) is 0. The van der Waals surface area contributed by atoms with Crippen molar-refractivity contribution in [2.75, 3.05) is 4.90 Å². The summed E-state index contributed by atoms with van der Waals surface area (Å²) in [6.45, 7) is 0. The molecule has 1 aromatic carbocycles. The van der Waals surface area contributed by atoms with Crippen molar-refractivity contribution in [1.29, 1.82) is 5.26 Å². The second-order valence-electron chi connectivity index (χ2n) is 6.38. The highest BCUT2D eigenvalue weighted by atomic mass is 32.1. The zero-order chi connectivity index (χ0) is 16.7. The highest BCUT2D eigenvalue weighted by Crippen LogP contribution is 2.46. The zero-order valence-electron chi connectivity index (χ0n) is 13.0. The van der Waals surface area contributed by atoms with E-state index in [1.54, 1.807) is 17.0 Å². The van der Waals surface area contributed by atoms with Crippen molar-refractivity contribution in [2.45, 2.75) is 37.6 Å². The van der Waals surface area contributed by atoms with Crippen LogP contribution in [0.25, 0.3) is 11.3 Å². The maximum atomic E-state index is 12.4. The van der Waals surface area contributed by atoms with Crippen LogP contribution in [0.1, 0.15) is 37.7 Å². The molecule has 1 saturated heterocycles. The third kappa shape index (κ3) is 2.24. The Balaban J connectivity index is 1.69. The molecule has 24 heavy (non-hydrogen) atoms. The van der Waals surface area contributed by atoms with E-state index < -0.39 is 5.91 Å². The predicted molar refractivity (Wildman–Crippen MR) is 90.6 cm³/mol. The first-order chi connectivity index (χ1) is 11.6. The summed E-state index contributed by atoms with van der Waals surface area (Å²) in [4.78, 5) is 30.7. The summed E-state index contributed by atoms with van der Waals surface area (Å²) in [6, 6.07) is 9.28. The summed E-state index contributed by atoms with van der Waals surface area (Å²) in [6.07, 6.45) is 4.15. The molecule has 1 amide bonds. The van der Waals surface area contributed by atoms with Crippen molar-refractivity contribution in [1.82, 2.24) is 4.98 Å². The van der Waals surface area contributed by atoms with Crippen molar-refractivity contribution in [3.63, 3.8) is 0 Å². The fourth-order valence-corrected chi connectivity index (χ4v) is 4.67. The lowest BCUT2D eigenvalue weighted by atomic mass is 9.94. The molecule has 4 rings (SSSR count). The number of nitriles is 1. The van der Waals surface area contributed by atoms with Gasteiger partial charge in [-0.3, -0.25) is 14.5 Å². The van der Waals surface area contributed by atoms with Gasteiger partial charge in [0, 0.05) is 17.4 Å². The number of carbonyl (C=O) groups is 2. The van der Waals surface area contributed by atoms with Gasteiger partial charge in [-0.25, -0.2) is 4.98 Å². The molecule has 6 heteroatoms. The van der Waals surface area contributed by atoms with Crippen molar-refractivity contribution >= 4 is 28.2 Å². The number of benzene rings is 1. The molecule has 1 aromatic heterocycles. The number of hydrogen-bond donors (Lipinski definition) is 0. The fraction of sp³-hybridized carbons (Fsp3) is 0.333. The first-order valence-corrected chi connectivity index (χ1v) is 8.84. The summed E-state index contributed by atoms with van der Waals surface area (Å²) in [5.41, 5.74) is 1.91. The Morgan fingerprint density at radius 1 is 1.17 bits per heavy atom. The van der Waals surface area contributed by atoms with Gasteiger partial charge in [-0.15, -0.1) is 11.3 Å². The van der Waals surface area contributed by atoms with Gasteiger partial charge in [-0.1, -0.05) is 25.0 Å². The molecule has 120 valence electrons. The molecular weight excluding hydrogens is 322 g/mol. The smallest absolute Gasteiger partial charge is 0.289 e. The molecule has 2 aliphatic rings. The minimum absolute atomic E-state index is 0.299. The second-order valence-corrected chi connectivity index (χ2v) is 7.21. The molecule has 5 nitrogen and oxygen atoms in total. The van der Waals surface area contributed by atoms with E-state index in [1.807, 2.05) is 17.5 Å². The Morgan fingerprint density at radius 3 is 2.54 bits per heavy atom. The third-order valence-corrected chi connectivity index (χ3v) is 5.76. The van der Waals surface area contributed by atoms with Crippen LogP contribution in [-0.4, -0.2) is 22.2 Å². The lowest BCUT2D eigenvalue weighted by molar-refractivity contribution is -0.133. The van der Waals surface area contributed by atoms with Crippen molar-refractivity contribution in [3.05, 3.63) is 35.2 Å².